The lowest BCUT2D eigenvalue weighted by atomic mass is 10.2. The molecule has 20 heavy (non-hydrogen) atoms. The molecular formula is C13H13N7. The van der Waals surface area contributed by atoms with E-state index in [1.807, 2.05) is 12.1 Å². The van der Waals surface area contributed by atoms with Crippen LogP contribution < -0.4 is 5.32 Å². The summed E-state index contributed by atoms with van der Waals surface area (Å²) in [5, 5.41) is 2.94. The summed E-state index contributed by atoms with van der Waals surface area (Å²) in [5.74, 6) is 1.75. The van der Waals surface area contributed by atoms with Gasteiger partial charge in [-0.2, -0.15) is 15.0 Å². The van der Waals surface area contributed by atoms with Gasteiger partial charge in [-0.1, -0.05) is 6.07 Å². The van der Waals surface area contributed by atoms with E-state index in [2.05, 4.69) is 30.2 Å². The Balaban J connectivity index is 1.96. The molecule has 0 atom stereocenters. The monoisotopic (exact) mass is 267 g/mol. The standard InChI is InChI=1S/C13H13N7/c1-14-12-17-11(7-10-3-2-4-15-8-10)18-13(19-12)20-6-5-16-9-20/h2-6,8-9H,7H2,1H3,(H,14,17,18,19). The summed E-state index contributed by atoms with van der Waals surface area (Å²) < 4.78 is 1.75. The molecule has 0 spiro atoms. The van der Waals surface area contributed by atoms with Crippen LogP contribution in [0.15, 0.2) is 43.2 Å². The van der Waals surface area contributed by atoms with Crippen LogP contribution in [0, 0.1) is 0 Å². The lowest BCUT2D eigenvalue weighted by molar-refractivity contribution is 0.845. The fraction of sp³-hybridized carbons (Fsp3) is 0.154. The first-order chi connectivity index (χ1) is 9.85. The third kappa shape index (κ3) is 2.61. The maximum absolute atomic E-state index is 4.45. The van der Waals surface area contributed by atoms with Crippen LogP contribution in [0.2, 0.25) is 0 Å². The average Bonchev–Trinajstić information content (AvgIpc) is 3.02. The highest BCUT2D eigenvalue weighted by Gasteiger charge is 2.08. The Morgan fingerprint density at radius 2 is 2.10 bits per heavy atom. The molecule has 0 bridgehead atoms. The SMILES string of the molecule is CNc1nc(Cc2cccnc2)nc(-n2ccnc2)n1. The summed E-state index contributed by atoms with van der Waals surface area (Å²) >= 11 is 0. The second-order valence-electron chi connectivity index (χ2n) is 4.13. The second kappa shape index (κ2) is 5.43. The molecule has 100 valence electrons. The minimum absolute atomic E-state index is 0.530. The fourth-order valence-corrected chi connectivity index (χ4v) is 1.78. The van der Waals surface area contributed by atoms with Gasteiger partial charge in [-0.15, -0.1) is 0 Å². The third-order valence-electron chi connectivity index (χ3n) is 2.71. The average molecular weight is 267 g/mol. The zero-order valence-corrected chi connectivity index (χ0v) is 10.9. The molecule has 0 saturated heterocycles. The summed E-state index contributed by atoms with van der Waals surface area (Å²) in [4.78, 5) is 21.2. The summed E-state index contributed by atoms with van der Waals surface area (Å²) in [7, 11) is 1.78. The quantitative estimate of drug-likeness (QED) is 0.762. The molecule has 0 radical (unpaired) electrons. The van der Waals surface area contributed by atoms with Gasteiger partial charge in [-0.3, -0.25) is 9.55 Å². The van der Waals surface area contributed by atoms with Crippen LogP contribution in [0.3, 0.4) is 0 Å². The molecule has 3 aromatic heterocycles. The highest BCUT2D eigenvalue weighted by Crippen LogP contribution is 2.09. The third-order valence-corrected chi connectivity index (χ3v) is 2.71. The van der Waals surface area contributed by atoms with Gasteiger partial charge < -0.3 is 5.32 Å². The van der Waals surface area contributed by atoms with Gasteiger partial charge in [0.25, 0.3) is 0 Å². The number of rotatable bonds is 4. The molecule has 3 heterocycles. The molecule has 1 N–H and O–H groups in total. The molecule has 3 aromatic rings. The van der Waals surface area contributed by atoms with Gasteiger partial charge in [-0.25, -0.2) is 4.98 Å². The number of hydrogen-bond donors (Lipinski definition) is 1. The molecule has 0 fully saturated rings. The lowest BCUT2D eigenvalue weighted by Crippen LogP contribution is -2.09. The summed E-state index contributed by atoms with van der Waals surface area (Å²) in [6.07, 6.45) is 9.29. The summed E-state index contributed by atoms with van der Waals surface area (Å²) in [6.45, 7) is 0. The minimum Gasteiger partial charge on any atom is -0.357 e. The van der Waals surface area contributed by atoms with Crippen molar-refractivity contribution >= 4 is 5.95 Å². The first-order valence-electron chi connectivity index (χ1n) is 6.15. The molecule has 7 heteroatoms. The maximum atomic E-state index is 4.45. The van der Waals surface area contributed by atoms with E-state index in [1.165, 1.54) is 0 Å². The van der Waals surface area contributed by atoms with Gasteiger partial charge in [0, 0.05) is 38.3 Å². The Kier molecular flexibility index (Phi) is 3.32. The van der Waals surface area contributed by atoms with E-state index in [9.17, 15) is 0 Å². The molecule has 7 nitrogen and oxygen atoms in total. The predicted molar refractivity (Wildman–Crippen MR) is 73.5 cm³/mol. The van der Waals surface area contributed by atoms with E-state index in [4.69, 9.17) is 0 Å². The van der Waals surface area contributed by atoms with Crippen LogP contribution in [0.4, 0.5) is 5.95 Å². The maximum Gasteiger partial charge on any atom is 0.239 e. The highest BCUT2D eigenvalue weighted by molar-refractivity contribution is 5.29. The van der Waals surface area contributed by atoms with E-state index in [0.29, 0.717) is 24.1 Å². The van der Waals surface area contributed by atoms with Gasteiger partial charge in [0.1, 0.15) is 12.2 Å². The molecule has 0 aliphatic rings. The second-order valence-corrected chi connectivity index (χ2v) is 4.13. The molecule has 0 aromatic carbocycles. The van der Waals surface area contributed by atoms with Crippen LogP contribution in [0.5, 0.6) is 0 Å². The van der Waals surface area contributed by atoms with Crippen molar-refractivity contribution in [3.8, 4) is 5.95 Å². The Morgan fingerprint density at radius 3 is 2.80 bits per heavy atom. The molecule has 0 aliphatic heterocycles. The van der Waals surface area contributed by atoms with Gasteiger partial charge in [0.2, 0.25) is 11.9 Å². The van der Waals surface area contributed by atoms with E-state index in [1.54, 1.807) is 42.7 Å². The number of imidazole rings is 1. The molecular weight excluding hydrogens is 254 g/mol. The van der Waals surface area contributed by atoms with Gasteiger partial charge in [-0.05, 0) is 11.6 Å². The molecule has 0 unspecified atom stereocenters. The van der Waals surface area contributed by atoms with Crippen molar-refractivity contribution in [2.24, 2.45) is 0 Å². The van der Waals surface area contributed by atoms with Crippen LogP contribution in [0.1, 0.15) is 11.4 Å². The van der Waals surface area contributed by atoms with Crippen LogP contribution in [-0.2, 0) is 6.42 Å². The number of aromatic nitrogens is 6. The van der Waals surface area contributed by atoms with Crippen LogP contribution in [-0.4, -0.2) is 36.5 Å². The number of pyridine rings is 1. The Hall–Kier alpha value is -2.83. The first kappa shape index (κ1) is 12.2. The van der Waals surface area contributed by atoms with E-state index < -0.39 is 0 Å². The number of nitrogens with one attached hydrogen (secondary N) is 1. The zero-order valence-electron chi connectivity index (χ0n) is 10.9. The molecule has 3 rings (SSSR count). The Bertz CT molecular complexity index is 679. The van der Waals surface area contributed by atoms with Crippen molar-refractivity contribution in [2.45, 2.75) is 6.42 Å². The van der Waals surface area contributed by atoms with Gasteiger partial charge >= 0.3 is 0 Å². The smallest absolute Gasteiger partial charge is 0.239 e. The van der Waals surface area contributed by atoms with Crippen molar-refractivity contribution < 1.29 is 0 Å². The zero-order chi connectivity index (χ0) is 13.8. The van der Waals surface area contributed by atoms with Gasteiger partial charge in [0.15, 0.2) is 0 Å². The van der Waals surface area contributed by atoms with Crippen molar-refractivity contribution in [1.29, 1.82) is 0 Å². The first-order valence-corrected chi connectivity index (χ1v) is 6.15. The Labute approximate surface area is 115 Å². The number of anilines is 1. The predicted octanol–water partition coefficient (Wildman–Crippen LogP) is 1.08. The highest BCUT2D eigenvalue weighted by atomic mass is 15.2. The van der Waals surface area contributed by atoms with Crippen molar-refractivity contribution in [2.75, 3.05) is 12.4 Å². The lowest BCUT2D eigenvalue weighted by Gasteiger charge is -2.06. The van der Waals surface area contributed by atoms with Crippen LogP contribution in [0.25, 0.3) is 5.95 Å². The molecule has 0 aliphatic carbocycles. The normalized spacial score (nSPS) is 10.4. The summed E-state index contributed by atoms with van der Waals surface area (Å²) in [5.41, 5.74) is 1.05. The molecule has 0 saturated carbocycles. The van der Waals surface area contributed by atoms with Gasteiger partial charge in [0.05, 0.1) is 0 Å². The Morgan fingerprint density at radius 1 is 1.15 bits per heavy atom. The fourth-order valence-electron chi connectivity index (χ4n) is 1.78. The minimum atomic E-state index is 0.530. The molecule has 0 amide bonds. The van der Waals surface area contributed by atoms with E-state index in [-0.39, 0.29) is 0 Å². The van der Waals surface area contributed by atoms with Crippen LogP contribution >= 0.6 is 0 Å². The number of hydrogen-bond acceptors (Lipinski definition) is 6. The largest absolute Gasteiger partial charge is 0.357 e. The summed E-state index contributed by atoms with van der Waals surface area (Å²) in [6, 6.07) is 3.89. The van der Waals surface area contributed by atoms with E-state index in [0.717, 1.165) is 5.56 Å². The van der Waals surface area contributed by atoms with E-state index >= 15 is 0 Å². The van der Waals surface area contributed by atoms with Crippen molar-refractivity contribution in [1.82, 2.24) is 29.5 Å². The topological polar surface area (TPSA) is 81.4 Å². The van der Waals surface area contributed by atoms with Crippen molar-refractivity contribution in [3.63, 3.8) is 0 Å². The van der Waals surface area contributed by atoms with Crippen molar-refractivity contribution in [3.05, 3.63) is 54.6 Å². The number of nitrogens with zero attached hydrogens (tertiary/aromatic N) is 6.